The molecule has 3 rings (SSSR count). The van der Waals surface area contributed by atoms with Crippen LogP contribution in [-0.2, 0) is 4.79 Å². The number of fused-ring (bicyclic) bond motifs is 3. The predicted octanol–water partition coefficient (Wildman–Crippen LogP) is 4.56. The summed E-state index contributed by atoms with van der Waals surface area (Å²) in [5.41, 5.74) is 2.71. The van der Waals surface area contributed by atoms with Crippen LogP contribution in [0.25, 0.3) is 11.1 Å². The van der Waals surface area contributed by atoms with Crippen LogP contribution in [0.3, 0.4) is 0 Å². The maximum Gasteiger partial charge on any atom is 0.471 e. The van der Waals surface area contributed by atoms with Crippen LogP contribution in [0.5, 0.6) is 0 Å². The largest absolute Gasteiger partial charge is 0.471 e. The number of nitrogens with one attached hydrogen (secondary N) is 1. The zero-order valence-corrected chi connectivity index (χ0v) is 13.3. The fraction of sp³-hybridized carbons (Fsp3) is 0.133. The summed E-state index contributed by atoms with van der Waals surface area (Å²) in [4.78, 5) is 21.0. The van der Waals surface area contributed by atoms with E-state index in [1.165, 1.54) is 24.3 Å². The van der Waals surface area contributed by atoms with Crippen LogP contribution >= 0.6 is 15.9 Å². The van der Waals surface area contributed by atoms with E-state index in [1.54, 1.807) is 17.4 Å². The Bertz CT molecular complexity index is 868. The molecule has 0 spiro atoms. The van der Waals surface area contributed by atoms with Crippen LogP contribution in [0, 0.1) is 10.1 Å². The van der Waals surface area contributed by atoms with Gasteiger partial charge in [0.2, 0.25) is 0 Å². The summed E-state index contributed by atoms with van der Waals surface area (Å²) in [7, 11) is 0. The first-order valence-corrected chi connectivity index (χ1v) is 7.55. The summed E-state index contributed by atoms with van der Waals surface area (Å²) < 4.78 is 37.0. The van der Waals surface area contributed by atoms with Gasteiger partial charge in [-0.15, -0.1) is 0 Å². The molecule has 0 aromatic heterocycles. The lowest BCUT2D eigenvalue weighted by molar-refractivity contribution is -0.384. The van der Waals surface area contributed by atoms with Crippen LogP contribution in [0.4, 0.5) is 24.5 Å². The van der Waals surface area contributed by atoms with Gasteiger partial charge in [-0.25, -0.2) is 0 Å². The number of hydrogen-bond acceptors (Lipinski definition) is 3. The van der Waals surface area contributed by atoms with Crippen molar-refractivity contribution in [2.45, 2.75) is 11.0 Å². The second-order valence-electron chi connectivity index (χ2n) is 5.15. The lowest BCUT2D eigenvalue weighted by Gasteiger charge is -2.10. The fourth-order valence-corrected chi connectivity index (χ4v) is 3.34. The maximum atomic E-state index is 12.3. The average molecular weight is 401 g/mol. The topological polar surface area (TPSA) is 72.2 Å². The molecule has 0 heterocycles. The summed E-state index contributed by atoms with van der Waals surface area (Å²) >= 11 is 3.40. The SMILES string of the molecule is O=C(Nc1ccc2c(c1)C(Br)c1cc([N+](=O)[O-])ccc1-2)C(F)(F)F. The van der Waals surface area contributed by atoms with Gasteiger partial charge >= 0.3 is 12.1 Å². The number of rotatable bonds is 2. The molecule has 1 unspecified atom stereocenters. The van der Waals surface area contributed by atoms with E-state index in [2.05, 4.69) is 15.9 Å². The lowest BCUT2D eigenvalue weighted by Crippen LogP contribution is -2.29. The summed E-state index contributed by atoms with van der Waals surface area (Å²) in [6.07, 6.45) is -4.98. The number of alkyl halides is 4. The highest BCUT2D eigenvalue weighted by molar-refractivity contribution is 9.09. The smallest absolute Gasteiger partial charge is 0.318 e. The Labute approximate surface area is 141 Å². The van der Waals surface area contributed by atoms with Crippen molar-refractivity contribution in [1.29, 1.82) is 0 Å². The Morgan fingerprint density at radius 3 is 2.29 bits per heavy atom. The molecule has 0 fully saturated rings. The van der Waals surface area contributed by atoms with E-state index in [-0.39, 0.29) is 11.4 Å². The molecule has 0 bridgehead atoms. The van der Waals surface area contributed by atoms with Gasteiger partial charge in [-0.3, -0.25) is 14.9 Å². The van der Waals surface area contributed by atoms with Gasteiger partial charge in [0, 0.05) is 17.8 Å². The average Bonchev–Trinajstić information content (AvgIpc) is 2.79. The van der Waals surface area contributed by atoms with E-state index < -0.39 is 21.8 Å². The molecule has 2 aromatic carbocycles. The van der Waals surface area contributed by atoms with Crippen molar-refractivity contribution in [3.63, 3.8) is 0 Å². The lowest BCUT2D eigenvalue weighted by atomic mass is 10.1. The van der Waals surface area contributed by atoms with Crippen LogP contribution in [0.15, 0.2) is 36.4 Å². The Morgan fingerprint density at radius 1 is 1.12 bits per heavy atom. The number of carbonyl (C=O) groups excluding carboxylic acids is 1. The number of nitrogens with zero attached hydrogens (tertiary/aromatic N) is 1. The minimum atomic E-state index is -4.98. The first kappa shape index (κ1) is 16.4. The molecule has 1 atom stereocenters. The molecule has 0 saturated heterocycles. The summed E-state index contributed by atoms with van der Waals surface area (Å²) in [6.45, 7) is 0. The first-order valence-electron chi connectivity index (χ1n) is 6.63. The fourth-order valence-electron chi connectivity index (χ4n) is 2.58. The molecule has 2 aromatic rings. The van der Waals surface area contributed by atoms with Crippen LogP contribution in [-0.4, -0.2) is 17.0 Å². The number of halogens is 4. The van der Waals surface area contributed by atoms with E-state index in [4.69, 9.17) is 0 Å². The number of nitro groups is 1. The number of amides is 1. The third-order valence-corrected chi connectivity index (χ3v) is 4.64. The molecule has 9 heteroatoms. The monoisotopic (exact) mass is 400 g/mol. The van der Waals surface area contributed by atoms with Gasteiger partial charge in [0.1, 0.15) is 0 Å². The molecule has 1 amide bonds. The Kier molecular flexibility index (Phi) is 3.83. The minimum Gasteiger partial charge on any atom is -0.318 e. The van der Waals surface area contributed by atoms with E-state index >= 15 is 0 Å². The highest BCUT2D eigenvalue weighted by atomic mass is 79.9. The van der Waals surface area contributed by atoms with Gasteiger partial charge in [-0.2, -0.15) is 13.2 Å². The third-order valence-electron chi connectivity index (χ3n) is 3.65. The second-order valence-corrected chi connectivity index (χ2v) is 6.06. The Balaban J connectivity index is 1.98. The zero-order chi connectivity index (χ0) is 17.6. The molecule has 0 saturated carbocycles. The standard InChI is InChI=1S/C15H8BrF3N2O3/c16-13-11-5-7(20-14(22)15(17,18)19)1-3-9(11)10-4-2-8(21(23)24)6-12(10)13/h1-6,13H,(H,20,22). The molecule has 1 aliphatic carbocycles. The number of hydrogen-bond donors (Lipinski definition) is 1. The molecule has 124 valence electrons. The van der Waals surface area contributed by atoms with Crippen LogP contribution < -0.4 is 5.32 Å². The quantitative estimate of drug-likeness (QED) is 0.456. The molecule has 1 N–H and O–H groups in total. The van der Waals surface area contributed by atoms with Crippen molar-refractivity contribution in [2.24, 2.45) is 0 Å². The number of non-ortho nitro benzene ring substituents is 1. The van der Waals surface area contributed by atoms with Gasteiger partial charge in [0.05, 0.1) is 9.75 Å². The van der Waals surface area contributed by atoms with Crippen molar-refractivity contribution in [3.8, 4) is 11.1 Å². The van der Waals surface area contributed by atoms with E-state index in [9.17, 15) is 28.1 Å². The van der Waals surface area contributed by atoms with Crippen molar-refractivity contribution < 1.29 is 22.9 Å². The molecular weight excluding hydrogens is 393 g/mol. The normalized spacial score (nSPS) is 15.6. The highest BCUT2D eigenvalue weighted by Gasteiger charge is 2.39. The van der Waals surface area contributed by atoms with Crippen molar-refractivity contribution in [1.82, 2.24) is 0 Å². The van der Waals surface area contributed by atoms with Crippen molar-refractivity contribution in [3.05, 3.63) is 57.6 Å². The molecule has 5 nitrogen and oxygen atoms in total. The highest BCUT2D eigenvalue weighted by Crippen LogP contribution is 2.49. The molecule has 0 radical (unpaired) electrons. The zero-order valence-electron chi connectivity index (χ0n) is 11.7. The van der Waals surface area contributed by atoms with Crippen LogP contribution in [0.2, 0.25) is 0 Å². The number of carbonyl (C=O) groups is 1. The Morgan fingerprint density at radius 2 is 1.71 bits per heavy atom. The van der Waals surface area contributed by atoms with Crippen molar-refractivity contribution in [2.75, 3.05) is 5.32 Å². The first-order chi connectivity index (χ1) is 11.2. The van der Waals surface area contributed by atoms with Crippen LogP contribution in [0.1, 0.15) is 16.0 Å². The van der Waals surface area contributed by atoms with Gasteiger partial charge in [-0.1, -0.05) is 22.0 Å². The molecule has 24 heavy (non-hydrogen) atoms. The number of anilines is 1. The predicted molar refractivity (Wildman–Crippen MR) is 84.0 cm³/mol. The third kappa shape index (κ3) is 2.75. The van der Waals surface area contributed by atoms with Gasteiger partial charge < -0.3 is 5.32 Å². The number of nitro benzene ring substituents is 1. The minimum absolute atomic E-state index is 0.00262. The second kappa shape index (κ2) is 5.59. The van der Waals surface area contributed by atoms with E-state index in [0.29, 0.717) is 11.1 Å². The summed E-state index contributed by atoms with van der Waals surface area (Å²) in [5.74, 6) is -2.06. The summed E-state index contributed by atoms with van der Waals surface area (Å²) in [6, 6.07) is 8.74. The van der Waals surface area contributed by atoms with E-state index in [1.807, 2.05) is 0 Å². The molecular formula is C15H8BrF3N2O3. The van der Waals surface area contributed by atoms with Crippen molar-refractivity contribution >= 4 is 33.2 Å². The van der Waals surface area contributed by atoms with Gasteiger partial charge in [0.15, 0.2) is 0 Å². The van der Waals surface area contributed by atoms with Gasteiger partial charge in [0.25, 0.3) is 5.69 Å². The Hall–Kier alpha value is -2.42. The van der Waals surface area contributed by atoms with E-state index in [0.717, 1.165) is 11.1 Å². The molecule has 1 aliphatic rings. The number of benzene rings is 2. The maximum absolute atomic E-state index is 12.3. The summed E-state index contributed by atoms with van der Waals surface area (Å²) in [5, 5.41) is 12.7. The van der Waals surface area contributed by atoms with Gasteiger partial charge in [-0.05, 0) is 40.5 Å². The molecule has 0 aliphatic heterocycles.